The van der Waals surface area contributed by atoms with Crippen LogP contribution in [0.2, 0.25) is 0 Å². The van der Waals surface area contributed by atoms with Crippen molar-refractivity contribution in [3.8, 4) is 0 Å². The summed E-state index contributed by atoms with van der Waals surface area (Å²) in [5.74, 6) is 0.964. The van der Waals surface area contributed by atoms with Crippen molar-refractivity contribution in [2.75, 3.05) is 6.54 Å². The highest BCUT2D eigenvalue weighted by Gasteiger charge is 2.14. The van der Waals surface area contributed by atoms with E-state index in [2.05, 4.69) is 34.3 Å². The smallest absolute Gasteiger partial charge is 0.130 e. The lowest BCUT2D eigenvalue weighted by atomic mass is 10.1. The van der Waals surface area contributed by atoms with Gasteiger partial charge in [-0.15, -0.1) is 0 Å². The highest BCUT2D eigenvalue weighted by molar-refractivity contribution is 6.02. The van der Waals surface area contributed by atoms with Crippen LogP contribution in [-0.4, -0.2) is 23.4 Å². The zero-order chi connectivity index (χ0) is 11.0. The van der Waals surface area contributed by atoms with E-state index in [9.17, 15) is 0 Å². The Bertz CT molecular complexity index is 560. The normalized spacial score (nSPS) is 19.6. The summed E-state index contributed by atoms with van der Waals surface area (Å²) in [6.07, 6.45) is 1.88. The van der Waals surface area contributed by atoms with Crippen molar-refractivity contribution in [2.45, 2.75) is 13.0 Å². The van der Waals surface area contributed by atoms with Gasteiger partial charge in [0, 0.05) is 23.2 Å². The molecule has 0 fully saturated rings. The van der Waals surface area contributed by atoms with Crippen LogP contribution in [0.5, 0.6) is 0 Å². The van der Waals surface area contributed by atoms with E-state index in [1.807, 2.05) is 24.4 Å². The molecule has 3 rings (SSSR count). The maximum Gasteiger partial charge on any atom is 0.130 e. The zero-order valence-corrected chi connectivity index (χ0v) is 9.14. The first kappa shape index (κ1) is 9.33. The molecule has 0 aliphatic carbocycles. The van der Waals surface area contributed by atoms with Crippen LogP contribution in [0, 0.1) is 0 Å². The molecule has 0 saturated heterocycles. The van der Waals surface area contributed by atoms with E-state index in [1.54, 1.807) is 0 Å². The predicted molar refractivity (Wildman–Crippen MR) is 65.7 cm³/mol. The molecule has 2 aromatic rings. The summed E-state index contributed by atoms with van der Waals surface area (Å²) in [6.45, 7) is 2.98. The van der Waals surface area contributed by atoms with Crippen molar-refractivity contribution < 1.29 is 0 Å². The van der Waals surface area contributed by atoms with Gasteiger partial charge in [0.15, 0.2) is 0 Å². The fraction of sp³-hybridized carbons (Fsp3) is 0.231. The van der Waals surface area contributed by atoms with Gasteiger partial charge in [-0.25, -0.2) is 0 Å². The van der Waals surface area contributed by atoms with Crippen molar-refractivity contribution in [3.63, 3.8) is 0 Å². The molecule has 0 spiro atoms. The van der Waals surface area contributed by atoms with E-state index in [4.69, 9.17) is 0 Å². The molecular weight excluding hydrogens is 198 g/mol. The maximum absolute atomic E-state index is 4.46. The average molecular weight is 211 g/mol. The minimum absolute atomic E-state index is 0.432. The third-order valence-electron chi connectivity index (χ3n) is 2.77. The second-order valence-electron chi connectivity index (χ2n) is 4.15. The van der Waals surface area contributed by atoms with E-state index < -0.39 is 0 Å². The molecule has 1 N–H and O–H groups in total. The van der Waals surface area contributed by atoms with Crippen molar-refractivity contribution in [3.05, 3.63) is 42.1 Å². The molecule has 1 aromatic carbocycles. The van der Waals surface area contributed by atoms with Gasteiger partial charge < -0.3 is 5.32 Å². The van der Waals surface area contributed by atoms with Crippen molar-refractivity contribution in [1.29, 1.82) is 0 Å². The quantitative estimate of drug-likeness (QED) is 0.783. The van der Waals surface area contributed by atoms with Gasteiger partial charge in [0.05, 0.1) is 12.1 Å². The molecule has 2 heterocycles. The Kier molecular flexibility index (Phi) is 2.10. The van der Waals surface area contributed by atoms with Crippen LogP contribution in [0.25, 0.3) is 10.9 Å². The highest BCUT2D eigenvalue weighted by atomic mass is 15.1. The van der Waals surface area contributed by atoms with Gasteiger partial charge in [-0.05, 0) is 19.1 Å². The summed E-state index contributed by atoms with van der Waals surface area (Å²) < 4.78 is 0. The average Bonchev–Trinajstić information content (AvgIpc) is 2.75. The molecule has 1 atom stereocenters. The molecule has 0 amide bonds. The van der Waals surface area contributed by atoms with E-state index in [0.717, 1.165) is 28.8 Å². The Labute approximate surface area is 94.2 Å². The van der Waals surface area contributed by atoms with E-state index in [-0.39, 0.29) is 0 Å². The molecule has 1 unspecified atom stereocenters. The Morgan fingerprint density at radius 2 is 2.19 bits per heavy atom. The lowest BCUT2D eigenvalue weighted by molar-refractivity contribution is 0.726. The SMILES string of the molecule is CC1CN=C(c2cnc3ccccc3c2)N1. The Morgan fingerprint density at radius 3 is 3.00 bits per heavy atom. The molecule has 1 aliphatic heterocycles. The van der Waals surface area contributed by atoms with Crippen LogP contribution in [0.4, 0.5) is 0 Å². The fourth-order valence-electron chi connectivity index (χ4n) is 1.93. The number of hydrogen-bond donors (Lipinski definition) is 1. The number of amidine groups is 1. The number of pyridine rings is 1. The summed E-state index contributed by atoms with van der Waals surface area (Å²) >= 11 is 0. The lowest BCUT2D eigenvalue weighted by Gasteiger charge is -2.06. The minimum atomic E-state index is 0.432. The van der Waals surface area contributed by atoms with Gasteiger partial charge in [0.2, 0.25) is 0 Å². The van der Waals surface area contributed by atoms with Gasteiger partial charge in [-0.2, -0.15) is 0 Å². The van der Waals surface area contributed by atoms with Crippen molar-refractivity contribution in [1.82, 2.24) is 10.3 Å². The molecule has 80 valence electrons. The van der Waals surface area contributed by atoms with Gasteiger partial charge in [-0.1, -0.05) is 18.2 Å². The molecule has 0 bridgehead atoms. The van der Waals surface area contributed by atoms with Crippen LogP contribution in [0.1, 0.15) is 12.5 Å². The first-order valence-electron chi connectivity index (χ1n) is 5.49. The Balaban J connectivity index is 2.05. The molecule has 1 aromatic heterocycles. The van der Waals surface area contributed by atoms with Gasteiger partial charge in [0.25, 0.3) is 0 Å². The summed E-state index contributed by atoms with van der Waals surface area (Å²) in [5, 5.41) is 4.50. The van der Waals surface area contributed by atoms with Crippen molar-refractivity contribution in [2.24, 2.45) is 4.99 Å². The molecule has 1 aliphatic rings. The molecule has 0 saturated carbocycles. The second-order valence-corrected chi connectivity index (χ2v) is 4.15. The van der Waals surface area contributed by atoms with Crippen LogP contribution in [0.15, 0.2) is 41.5 Å². The first-order valence-corrected chi connectivity index (χ1v) is 5.49. The number of rotatable bonds is 1. The summed E-state index contributed by atoms with van der Waals surface area (Å²) in [6, 6.07) is 10.7. The minimum Gasteiger partial charge on any atom is -0.366 e. The standard InChI is InChI=1S/C13H13N3/c1-9-7-15-13(16-9)11-6-10-4-2-3-5-12(10)14-8-11/h2-6,8-9H,7H2,1H3,(H,15,16). The number of para-hydroxylation sites is 1. The number of nitrogens with one attached hydrogen (secondary N) is 1. The number of benzene rings is 1. The largest absolute Gasteiger partial charge is 0.366 e. The Hall–Kier alpha value is -1.90. The van der Waals surface area contributed by atoms with Crippen molar-refractivity contribution >= 4 is 16.7 Å². The van der Waals surface area contributed by atoms with Gasteiger partial charge in [-0.3, -0.25) is 9.98 Å². The summed E-state index contributed by atoms with van der Waals surface area (Å²) in [4.78, 5) is 8.89. The van der Waals surface area contributed by atoms with Crippen LogP contribution < -0.4 is 5.32 Å². The fourth-order valence-corrected chi connectivity index (χ4v) is 1.93. The predicted octanol–water partition coefficient (Wildman–Crippen LogP) is 1.97. The number of fused-ring (bicyclic) bond motifs is 1. The van der Waals surface area contributed by atoms with Crippen LogP contribution >= 0.6 is 0 Å². The third-order valence-corrected chi connectivity index (χ3v) is 2.77. The van der Waals surface area contributed by atoms with Gasteiger partial charge >= 0.3 is 0 Å². The number of aliphatic imine (C=N–C) groups is 1. The second kappa shape index (κ2) is 3.59. The lowest BCUT2D eigenvalue weighted by Crippen LogP contribution is -2.27. The van der Waals surface area contributed by atoms with E-state index in [1.165, 1.54) is 0 Å². The van der Waals surface area contributed by atoms with Gasteiger partial charge in [0.1, 0.15) is 5.84 Å². The topological polar surface area (TPSA) is 37.3 Å². The monoisotopic (exact) mass is 211 g/mol. The number of aromatic nitrogens is 1. The van der Waals surface area contributed by atoms with Crippen LogP contribution in [-0.2, 0) is 0 Å². The highest BCUT2D eigenvalue weighted by Crippen LogP contribution is 2.14. The Morgan fingerprint density at radius 1 is 1.31 bits per heavy atom. The van der Waals surface area contributed by atoms with E-state index in [0.29, 0.717) is 6.04 Å². The molecule has 0 radical (unpaired) electrons. The molecule has 16 heavy (non-hydrogen) atoms. The molecular formula is C13H13N3. The molecule has 3 heteroatoms. The summed E-state index contributed by atoms with van der Waals surface area (Å²) in [7, 11) is 0. The number of nitrogens with zero attached hydrogens (tertiary/aromatic N) is 2. The number of hydrogen-bond acceptors (Lipinski definition) is 3. The molecule has 3 nitrogen and oxygen atoms in total. The maximum atomic E-state index is 4.46. The zero-order valence-electron chi connectivity index (χ0n) is 9.14. The third kappa shape index (κ3) is 1.54. The van der Waals surface area contributed by atoms with Crippen LogP contribution in [0.3, 0.4) is 0 Å². The van der Waals surface area contributed by atoms with E-state index >= 15 is 0 Å². The first-order chi connectivity index (χ1) is 7.83. The summed E-state index contributed by atoms with van der Waals surface area (Å²) in [5.41, 5.74) is 2.10.